The molecule has 0 aliphatic carbocycles. The van der Waals surface area contributed by atoms with Crippen LogP contribution in [0.2, 0.25) is 0 Å². The van der Waals surface area contributed by atoms with Crippen molar-refractivity contribution in [1.82, 2.24) is 5.32 Å². The third-order valence-corrected chi connectivity index (χ3v) is 3.77. The Morgan fingerprint density at radius 2 is 2.21 bits per heavy atom. The zero-order valence-corrected chi connectivity index (χ0v) is 11.3. The summed E-state index contributed by atoms with van der Waals surface area (Å²) in [5.41, 5.74) is 1.27. The Kier molecular flexibility index (Phi) is 3.69. The van der Waals surface area contributed by atoms with E-state index in [0.717, 1.165) is 44.1 Å². The Bertz CT molecular complexity index is 450. The van der Waals surface area contributed by atoms with E-state index in [1.165, 1.54) is 5.56 Å². The lowest BCUT2D eigenvalue weighted by molar-refractivity contribution is 0.211. The second-order valence-electron chi connectivity index (χ2n) is 5.16. The molecule has 2 unspecified atom stereocenters. The Hall–Kier alpha value is -1.55. The molecule has 2 aliphatic heterocycles. The van der Waals surface area contributed by atoms with E-state index in [2.05, 4.69) is 22.4 Å². The van der Waals surface area contributed by atoms with Gasteiger partial charge in [-0.25, -0.2) is 0 Å². The van der Waals surface area contributed by atoms with Crippen molar-refractivity contribution in [2.45, 2.75) is 18.9 Å². The highest BCUT2D eigenvalue weighted by molar-refractivity contribution is 5.80. The van der Waals surface area contributed by atoms with Gasteiger partial charge in [-0.3, -0.25) is 4.99 Å². The zero-order valence-electron chi connectivity index (χ0n) is 11.3. The van der Waals surface area contributed by atoms with E-state index in [1.54, 1.807) is 7.11 Å². The van der Waals surface area contributed by atoms with Crippen LogP contribution in [0.5, 0.6) is 5.75 Å². The molecular formula is C15H20N2O2. The second kappa shape index (κ2) is 5.61. The lowest BCUT2D eigenvalue weighted by Crippen LogP contribution is -2.22. The molecule has 3 rings (SSSR count). The van der Waals surface area contributed by atoms with Gasteiger partial charge in [-0.15, -0.1) is 0 Å². The number of nitrogens with zero attached hydrogens (tertiary/aromatic N) is 1. The molecule has 102 valence electrons. The van der Waals surface area contributed by atoms with Gasteiger partial charge in [-0.2, -0.15) is 0 Å². The van der Waals surface area contributed by atoms with Crippen molar-refractivity contribution >= 4 is 5.90 Å². The monoisotopic (exact) mass is 260 g/mol. The molecule has 0 spiro atoms. The van der Waals surface area contributed by atoms with E-state index in [0.29, 0.717) is 5.92 Å². The first-order valence-corrected chi connectivity index (χ1v) is 6.90. The molecule has 4 nitrogen and oxygen atoms in total. The summed E-state index contributed by atoms with van der Waals surface area (Å²) in [6, 6.07) is 8.18. The third kappa shape index (κ3) is 2.89. The van der Waals surface area contributed by atoms with Crippen LogP contribution < -0.4 is 10.1 Å². The molecule has 4 heteroatoms. The van der Waals surface area contributed by atoms with Crippen LogP contribution >= 0.6 is 0 Å². The normalized spacial score (nSPS) is 26.1. The van der Waals surface area contributed by atoms with Crippen LogP contribution in [0.1, 0.15) is 12.0 Å². The van der Waals surface area contributed by atoms with Crippen LogP contribution in [0.25, 0.3) is 0 Å². The molecule has 2 atom stereocenters. The quantitative estimate of drug-likeness (QED) is 0.895. The minimum atomic E-state index is 0.198. The molecule has 1 fully saturated rings. The molecule has 1 saturated heterocycles. The standard InChI is InChI=1S/C15H20N2O2/c1-18-13-4-2-11(3-5-13)8-14-10-17-15(19-14)12-6-7-16-9-12/h2-5,12,14,16H,6-10H2,1H3. The van der Waals surface area contributed by atoms with E-state index < -0.39 is 0 Å². The fourth-order valence-corrected chi connectivity index (χ4v) is 2.66. The van der Waals surface area contributed by atoms with Crippen molar-refractivity contribution in [3.8, 4) is 5.75 Å². The van der Waals surface area contributed by atoms with Gasteiger partial charge < -0.3 is 14.8 Å². The Morgan fingerprint density at radius 3 is 2.89 bits per heavy atom. The molecule has 0 saturated carbocycles. The van der Waals surface area contributed by atoms with E-state index >= 15 is 0 Å². The third-order valence-electron chi connectivity index (χ3n) is 3.77. The Labute approximate surface area is 113 Å². The van der Waals surface area contributed by atoms with E-state index in [1.807, 2.05) is 12.1 Å². The molecule has 0 amide bonds. The van der Waals surface area contributed by atoms with Crippen molar-refractivity contribution in [2.75, 3.05) is 26.7 Å². The highest BCUT2D eigenvalue weighted by atomic mass is 16.5. The van der Waals surface area contributed by atoms with Gasteiger partial charge in [0.05, 0.1) is 13.7 Å². The van der Waals surface area contributed by atoms with Gasteiger partial charge in [0.2, 0.25) is 0 Å². The van der Waals surface area contributed by atoms with E-state index in [-0.39, 0.29) is 6.10 Å². The van der Waals surface area contributed by atoms with Crippen molar-refractivity contribution < 1.29 is 9.47 Å². The topological polar surface area (TPSA) is 42.8 Å². The highest BCUT2D eigenvalue weighted by Crippen LogP contribution is 2.20. The van der Waals surface area contributed by atoms with Crippen molar-refractivity contribution in [1.29, 1.82) is 0 Å². The number of aliphatic imine (C=N–C) groups is 1. The van der Waals surface area contributed by atoms with Crippen molar-refractivity contribution in [3.05, 3.63) is 29.8 Å². The predicted molar refractivity (Wildman–Crippen MR) is 74.8 cm³/mol. The lowest BCUT2D eigenvalue weighted by atomic mass is 10.1. The maximum Gasteiger partial charge on any atom is 0.188 e. The second-order valence-corrected chi connectivity index (χ2v) is 5.16. The summed E-state index contributed by atoms with van der Waals surface area (Å²) in [4.78, 5) is 4.56. The average molecular weight is 260 g/mol. The summed E-state index contributed by atoms with van der Waals surface area (Å²) in [7, 11) is 1.69. The number of hydrogen-bond donors (Lipinski definition) is 1. The summed E-state index contributed by atoms with van der Waals surface area (Å²) in [6.07, 6.45) is 2.26. The average Bonchev–Trinajstić information content (AvgIpc) is 3.10. The van der Waals surface area contributed by atoms with Gasteiger partial charge in [0.15, 0.2) is 5.90 Å². The van der Waals surface area contributed by atoms with Crippen molar-refractivity contribution in [2.24, 2.45) is 10.9 Å². The largest absolute Gasteiger partial charge is 0.497 e. The van der Waals surface area contributed by atoms with Gasteiger partial charge in [-0.05, 0) is 30.7 Å². The Morgan fingerprint density at radius 1 is 1.37 bits per heavy atom. The van der Waals surface area contributed by atoms with Gasteiger partial charge in [0, 0.05) is 18.9 Å². The number of rotatable bonds is 4. The lowest BCUT2D eigenvalue weighted by Gasteiger charge is -2.14. The summed E-state index contributed by atoms with van der Waals surface area (Å²) in [6.45, 7) is 2.88. The van der Waals surface area contributed by atoms with Crippen molar-refractivity contribution in [3.63, 3.8) is 0 Å². The van der Waals surface area contributed by atoms with Crippen LogP contribution in [-0.2, 0) is 11.2 Å². The minimum Gasteiger partial charge on any atom is -0.497 e. The fourth-order valence-electron chi connectivity index (χ4n) is 2.66. The van der Waals surface area contributed by atoms with Gasteiger partial charge in [0.1, 0.15) is 11.9 Å². The number of nitrogens with one attached hydrogen (secondary N) is 1. The highest BCUT2D eigenvalue weighted by Gasteiger charge is 2.28. The maximum atomic E-state index is 5.98. The molecule has 19 heavy (non-hydrogen) atoms. The first kappa shape index (κ1) is 12.5. The first-order chi connectivity index (χ1) is 9.35. The minimum absolute atomic E-state index is 0.198. The number of methoxy groups -OCH3 is 1. The molecule has 2 aliphatic rings. The summed E-state index contributed by atoms with van der Waals surface area (Å²) < 4.78 is 11.1. The number of ether oxygens (including phenoxy) is 2. The van der Waals surface area contributed by atoms with Crippen LogP contribution in [-0.4, -0.2) is 38.7 Å². The van der Waals surface area contributed by atoms with Crippen LogP contribution in [0, 0.1) is 5.92 Å². The SMILES string of the molecule is COc1ccc(CC2CN=C(C3CCNC3)O2)cc1. The molecule has 1 aromatic carbocycles. The molecule has 2 heterocycles. The smallest absolute Gasteiger partial charge is 0.188 e. The van der Waals surface area contributed by atoms with E-state index in [9.17, 15) is 0 Å². The molecule has 0 aromatic heterocycles. The van der Waals surface area contributed by atoms with Gasteiger partial charge in [-0.1, -0.05) is 12.1 Å². The van der Waals surface area contributed by atoms with Gasteiger partial charge >= 0.3 is 0 Å². The van der Waals surface area contributed by atoms with Crippen LogP contribution in [0.4, 0.5) is 0 Å². The first-order valence-electron chi connectivity index (χ1n) is 6.90. The molecule has 0 radical (unpaired) electrons. The molecule has 1 N–H and O–H groups in total. The van der Waals surface area contributed by atoms with Crippen LogP contribution in [0.15, 0.2) is 29.3 Å². The fraction of sp³-hybridized carbons (Fsp3) is 0.533. The molecular weight excluding hydrogens is 240 g/mol. The zero-order chi connectivity index (χ0) is 13.1. The molecule has 1 aromatic rings. The number of hydrogen-bond acceptors (Lipinski definition) is 4. The van der Waals surface area contributed by atoms with Gasteiger partial charge in [0.25, 0.3) is 0 Å². The van der Waals surface area contributed by atoms with Crippen LogP contribution in [0.3, 0.4) is 0 Å². The Balaban J connectivity index is 1.54. The number of benzene rings is 1. The predicted octanol–water partition coefficient (Wildman–Crippen LogP) is 1.64. The summed E-state index contributed by atoms with van der Waals surface area (Å²) >= 11 is 0. The molecule has 0 bridgehead atoms. The maximum absolute atomic E-state index is 5.98. The summed E-state index contributed by atoms with van der Waals surface area (Å²) in [5.74, 6) is 2.34. The summed E-state index contributed by atoms with van der Waals surface area (Å²) in [5, 5.41) is 3.35. The van der Waals surface area contributed by atoms with E-state index in [4.69, 9.17) is 9.47 Å².